The van der Waals surface area contributed by atoms with Crippen LogP contribution in [0.1, 0.15) is 17.3 Å². The molecule has 1 aromatic carbocycles. The van der Waals surface area contributed by atoms with E-state index in [9.17, 15) is 66.1 Å². The summed E-state index contributed by atoms with van der Waals surface area (Å²) in [6.45, 7) is -0.830. The summed E-state index contributed by atoms with van der Waals surface area (Å²) in [6, 6.07) is 2.81. The lowest BCUT2D eigenvalue weighted by molar-refractivity contribution is -0.372. The third-order valence-corrected chi connectivity index (χ3v) is 9.81. The number of hydrogen-bond donors (Lipinski definition) is 14. The quantitative estimate of drug-likeness (QED) is 0.0879. The Bertz CT molecular complexity index is 1380. The molecule has 3 fully saturated rings. The van der Waals surface area contributed by atoms with Gasteiger partial charge in [0.05, 0.1) is 43.6 Å². The van der Waals surface area contributed by atoms with E-state index >= 15 is 0 Å². The lowest BCUT2D eigenvalue weighted by Crippen LogP contribution is -2.68. The predicted octanol–water partition coefficient (Wildman–Crippen LogP) is -6.78. The summed E-state index contributed by atoms with van der Waals surface area (Å²) in [5, 5.41) is 138. The van der Waals surface area contributed by atoms with Gasteiger partial charge in [-0.25, -0.2) is 4.79 Å². The Balaban J connectivity index is 1.21. The normalized spacial score (nSPS) is 45.0. The molecular weight excluding hydrogens is 718 g/mol. The molecule has 5 rings (SSSR count). The maximum absolute atomic E-state index is 11.1. The molecule has 1 aromatic rings. The molecule has 0 radical (unpaired) electrons. The summed E-state index contributed by atoms with van der Waals surface area (Å²) in [5.74, 6) is -1.12. The first-order chi connectivity index (χ1) is 25.1. The van der Waals surface area contributed by atoms with E-state index in [-0.39, 0.29) is 16.9 Å². The van der Waals surface area contributed by atoms with Crippen LogP contribution >= 0.6 is 0 Å². The first-order valence-electron chi connectivity index (χ1n) is 16.8. The molecule has 19 atom stereocenters. The van der Waals surface area contributed by atoms with Crippen LogP contribution in [-0.2, 0) is 23.7 Å². The molecule has 0 aromatic heterocycles. The summed E-state index contributed by atoms with van der Waals surface area (Å²) in [7, 11) is 0. The Morgan fingerprint density at radius 1 is 0.679 bits per heavy atom. The van der Waals surface area contributed by atoms with Gasteiger partial charge in [0.1, 0.15) is 85.1 Å². The average molecular weight is 766 g/mol. The highest BCUT2D eigenvalue weighted by Crippen LogP contribution is 2.33. The second-order valence-corrected chi connectivity index (χ2v) is 13.3. The summed E-state index contributed by atoms with van der Waals surface area (Å²) in [6.07, 6.45) is -26.8. The van der Waals surface area contributed by atoms with Gasteiger partial charge in [0, 0.05) is 0 Å². The monoisotopic (exact) mass is 765 g/mol. The minimum Gasteiger partial charge on any atom is -0.478 e. The van der Waals surface area contributed by atoms with Gasteiger partial charge in [-0.2, -0.15) is 0 Å². The number of carbonyl (C=O) groups is 1. The van der Waals surface area contributed by atoms with Crippen LogP contribution in [0.5, 0.6) is 5.75 Å². The summed E-state index contributed by atoms with van der Waals surface area (Å²) in [4.78, 5) is 11.1. The van der Waals surface area contributed by atoms with E-state index in [4.69, 9.17) is 33.5 Å². The standard InChI is InChI=1S/C32H47NO20/c1-10-17(33-14-6-12(7-34)18(37)21(40)19(14)38)20(39)24(43)30(48-10)52-27-16(9-36)51-32(26(45)23(27)42)53-28-15(8-35)50-31(25(44)22(28)41)49-13-4-2-11(3-5-13)29(46)47/h2-6,10,14-28,30-45H,7-9H2,1H3,(H,46,47). The van der Waals surface area contributed by atoms with Gasteiger partial charge < -0.3 is 100 Å². The van der Waals surface area contributed by atoms with Crippen molar-refractivity contribution < 1.29 is 99.6 Å². The number of rotatable bonds is 12. The third kappa shape index (κ3) is 8.67. The van der Waals surface area contributed by atoms with E-state index in [0.717, 1.165) is 0 Å². The minimum atomic E-state index is -1.98. The molecule has 0 amide bonds. The fourth-order valence-electron chi connectivity index (χ4n) is 6.71. The molecule has 0 bridgehead atoms. The fraction of sp³-hybridized carbons (Fsp3) is 0.719. The van der Waals surface area contributed by atoms with E-state index < -0.39 is 142 Å². The van der Waals surface area contributed by atoms with Gasteiger partial charge in [-0.15, -0.1) is 0 Å². The van der Waals surface area contributed by atoms with E-state index in [1.54, 1.807) is 0 Å². The van der Waals surface area contributed by atoms with Gasteiger partial charge in [0.2, 0.25) is 6.29 Å². The molecule has 1 aliphatic carbocycles. The van der Waals surface area contributed by atoms with Gasteiger partial charge in [-0.1, -0.05) is 6.08 Å². The van der Waals surface area contributed by atoms with Crippen LogP contribution in [0.25, 0.3) is 0 Å². The first-order valence-corrected chi connectivity index (χ1v) is 16.8. The highest BCUT2D eigenvalue weighted by molar-refractivity contribution is 5.87. The second kappa shape index (κ2) is 17.5. The molecule has 53 heavy (non-hydrogen) atoms. The van der Waals surface area contributed by atoms with E-state index in [2.05, 4.69) is 5.32 Å². The molecule has 300 valence electrons. The maximum Gasteiger partial charge on any atom is 0.335 e. The highest BCUT2D eigenvalue weighted by atomic mass is 16.8. The van der Waals surface area contributed by atoms with Gasteiger partial charge in [0.15, 0.2) is 12.6 Å². The van der Waals surface area contributed by atoms with Crippen LogP contribution in [0.15, 0.2) is 35.9 Å². The number of aliphatic hydroxyl groups excluding tert-OH is 12. The Hall–Kier alpha value is -2.49. The minimum absolute atomic E-state index is 0.0110. The van der Waals surface area contributed by atoms with Crippen molar-refractivity contribution in [3.8, 4) is 5.75 Å². The van der Waals surface area contributed by atoms with Gasteiger partial charge >= 0.3 is 5.97 Å². The first kappa shape index (κ1) is 41.7. The van der Waals surface area contributed by atoms with Crippen LogP contribution in [0.4, 0.5) is 0 Å². The number of aromatic carboxylic acids is 1. The molecule has 21 nitrogen and oxygen atoms in total. The van der Waals surface area contributed by atoms with Crippen LogP contribution in [0, 0.1) is 0 Å². The molecule has 3 heterocycles. The number of carboxylic acids is 1. The number of ether oxygens (including phenoxy) is 6. The van der Waals surface area contributed by atoms with Crippen molar-refractivity contribution in [2.75, 3.05) is 19.8 Å². The Morgan fingerprint density at radius 2 is 1.19 bits per heavy atom. The molecule has 0 spiro atoms. The smallest absolute Gasteiger partial charge is 0.335 e. The fourth-order valence-corrected chi connectivity index (χ4v) is 6.71. The Labute approximate surface area is 301 Å². The molecule has 3 aliphatic heterocycles. The summed E-state index contributed by atoms with van der Waals surface area (Å²) < 4.78 is 33.9. The van der Waals surface area contributed by atoms with Crippen molar-refractivity contribution in [3.63, 3.8) is 0 Å². The zero-order chi connectivity index (χ0) is 38.9. The van der Waals surface area contributed by atoms with Crippen LogP contribution < -0.4 is 10.1 Å². The van der Waals surface area contributed by atoms with Crippen molar-refractivity contribution >= 4 is 5.97 Å². The van der Waals surface area contributed by atoms with Gasteiger partial charge in [-0.3, -0.25) is 0 Å². The molecular formula is C32H47NO20. The molecule has 21 heteroatoms. The number of nitrogens with one attached hydrogen (secondary N) is 1. The van der Waals surface area contributed by atoms with Crippen molar-refractivity contribution in [3.05, 3.63) is 41.5 Å². The topological polar surface area (TPSA) is 347 Å². The van der Waals surface area contributed by atoms with Crippen molar-refractivity contribution in [1.29, 1.82) is 0 Å². The third-order valence-electron chi connectivity index (χ3n) is 9.81. The van der Waals surface area contributed by atoms with Crippen LogP contribution in [0.3, 0.4) is 0 Å². The zero-order valence-electron chi connectivity index (χ0n) is 28.1. The Kier molecular flexibility index (Phi) is 13.8. The number of benzene rings is 1. The summed E-state index contributed by atoms with van der Waals surface area (Å²) >= 11 is 0. The molecule has 0 saturated carbocycles. The largest absolute Gasteiger partial charge is 0.478 e. The maximum atomic E-state index is 11.1. The molecule has 14 N–H and O–H groups in total. The lowest BCUT2D eigenvalue weighted by Gasteiger charge is -2.48. The SMILES string of the molecule is CC1OC(OC2C(CO)OC(OC3C(CO)OC(Oc4ccc(C(=O)O)cc4)C(O)C3O)C(O)C2O)C(O)C(O)C1NC1C=C(CO)C(O)C(O)C1O. The number of aliphatic hydroxyl groups is 12. The molecule has 3 saturated heterocycles. The van der Waals surface area contributed by atoms with E-state index in [0.29, 0.717) is 0 Å². The van der Waals surface area contributed by atoms with Gasteiger partial charge in [0.25, 0.3) is 0 Å². The predicted molar refractivity (Wildman–Crippen MR) is 170 cm³/mol. The van der Waals surface area contributed by atoms with E-state index in [1.807, 2.05) is 0 Å². The molecule has 4 aliphatic rings. The zero-order valence-corrected chi connectivity index (χ0v) is 28.1. The number of carboxylic acid groups (broad SMARTS) is 1. The summed E-state index contributed by atoms with van der Waals surface area (Å²) in [5.41, 5.74) is -0.0310. The van der Waals surface area contributed by atoms with Gasteiger partial charge in [-0.05, 0) is 36.8 Å². The average Bonchev–Trinajstić information content (AvgIpc) is 3.14. The Morgan fingerprint density at radius 3 is 1.72 bits per heavy atom. The lowest BCUT2D eigenvalue weighted by atomic mass is 9.86. The van der Waals surface area contributed by atoms with Crippen molar-refractivity contribution in [2.45, 2.75) is 123 Å². The van der Waals surface area contributed by atoms with Crippen molar-refractivity contribution in [2.24, 2.45) is 0 Å². The van der Waals surface area contributed by atoms with Crippen LogP contribution in [-0.4, -0.2) is 209 Å². The van der Waals surface area contributed by atoms with Crippen LogP contribution in [0.2, 0.25) is 0 Å². The number of hydrogen-bond acceptors (Lipinski definition) is 20. The van der Waals surface area contributed by atoms with Crippen molar-refractivity contribution in [1.82, 2.24) is 5.32 Å². The van der Waals surface area contributed by atoms with E-state index in [1.165, 1.54) is 37.3 Å². The molecule has 19 unspecified atom stereocenters. The highest BCUT2D eigenvalue weighted by Gasteiger charge is 2.54. The second-order valence-electron chi connectivity index (χ2n) is 13.3.